The van der Waals surface area contributed by atoms with Crippen LogP contribution in [-0.4, -0.2) is 47.1 Å². The Morgan fingerprint density at radius 3 is 2.35 bits per heavy atom. The molecule has 1 N–H and O–H groups in total. The molecule has 1 aromatic carbocycles. The molecule has 1 aromatic rings. The maximum absolute atomic E-state index is 9.79. The fraction of sp³-hybridized carbons (Fsp3) is 0.571. The summed E-state index contributed by atoms with van der Waals surface area (Å²) >= 11 is 0. The molecule has 1 fully saturated rings. The lowest BCUT2D eigenvalue weighted by Gasteiger charge is -2.42. The Kier molecular flexibility index (Phi) is 3.69. The van der Waals surface area contributed by atoms with Crippen LogP contribution in [0, 0.1) is 0 Å². The van der Waals surface area contributed by atoms with Gasteiger partial charge in [-0.25, -0.2) is 0 Å². The Morgan fingerprint density at radius 1 is 1.18 bits per heavy atom. The number of nitrogens with zero attached hydrogens (tertiary/aromatic N) is 2. The third kappa shape index (κ3) is 2.79. The molecule has 0 aliphatic carbocycles. The van der Waals surface area contributed by atoms with Gasteiger partial charge in [0.25, 0.3) is 0 Å². The normalized spacial score (nSPS) is 27.2. The lowest BCUT2D eigenvalue weighted by atomic mass is 10.1. The molecule has 2 atom stereocenters. The second-order valence-corrected chi connectivity index (χ2v) is 5.19. The van der Waals surface area contributed by atoms with Gasteiger partial charge in [0.15, 0.2) is 0 Å². The van der Waals surface area contributed by atoms with E-state index in [1.165, 1.54) is 0 Å². The topological polar surface area (TPSA) is 26.7 Å². The second-order valence-electron chi connectivity index (χ2n) is 5.19. The predicted octanol–water partition coefficient (Wildman–Crippen LogP) is 1.92. The van der Waals surface area contributed by atoms with Gasteiger partial charge in [0.2, 0.25) is 0 Å². The maximum Gasteiger partial charge on any atom is 0.120 e. The number of aromatic hydroxyl groups is 1. The second kappa shape index (κ2) is 5.07. The number of hydrogen-bond donors (Lipinski definition) is 1. The van der Waals surface area contributed by atoms with Gasteiger partial charge < -0.3 is 5.11 Å². The van der Waals surface area contributed by atoms with Crippen LogP contribution in [0.4, 0.5) is 0 Å². The van der Waals surface area contributed by atoms with Crippen molar-refractivity contribution in [3.8, 4) is 5.75 Å². The number of benzene rings is 1. The molecule has 0 radical (unpaired) electrons. The molecule has 3 heteroatoms. The number of rotatable bonds is 2. The lowest BCUT2D eigenvalue weighted by molar-refractivity contribution is 0.0552. The van der Waals surface area contributed by atoms with Crippen molar-refractivity contribution in [3.63, 3.8) is 0 Å². The summed E-state index contributed by atoms with van der Waals surface area (Å²) < 4.78 is 0. The van der Waals surface area contributed by atoms with Crippen molar-refractivity contribution >= 4 is 0 Å². The highest BCUT2D eigenvalue weighted by atomic mass is 16.3. The molecule has 1 aliphatic rings. The Bertz CT molecular complexity index is 368. The Morgan fingerprint density at radius 2 is 1.76 bits per heavy atom. The number of hydrogen-bond acceptors (Lipinski definition) is 3. The van der Waals surface area contributed by atoms with Gasteiger partial charge in [-0.1, -0.05) is 18.2 Å². The van der Waals surface area contributed by atoms with Gasteiger partial charge in [-0.3, -0.25) is 9.80 Å². The molecule has 2 unspecified atom stereocenters. The van der Waals surface area contributed by atoms with E-state index in [-0.39, 0.29) is 0 Å². The molecule has 1 heterocycles. The number of phenols is 1. The summed E-state index contributed by atoms with van der Waals surface area (Å²) in [4.78, 5) is 4.84. The first kappa shape index (κ1) is 12.4. The largest absolute Gasteiger partial charge is 0.508 e. The molecule has 0 spiro atoms. The van der Waals surface area contributed by atoms with Crippen molar-refractivity contribution in [2.24, 2.45) is 0 Å². The SMILES string of the molecule is CC1CN(Cc2ccccc2O)CC(C)N1C. The summed E-state index contributed by atoms with van der Waals surface area (Å²) in [5.41, 5.74) is 1.02. The zero-order chi connectivity index (χ0) is 12.4. The number of piperazine rings is 1. The van der Waals surface area contributed by atoms with Crippen LogP contribution < -0.4 is 0 Å². The van der Waals surface area contributed by atoms with Crippen LogP contribution in [0.15, 0.2) is 24.3 Å². The average molecular weight is 234 g/mol. The molecular formula is C14H22N2O. The smallest absolute Gasteiger partial charge is 0.120 e. The summed E-state index contributed by atoms with van der Waals surface area (Å²) in [7, 11) is 2.19. The van der Waals surface area contributed by atoms with Gasteiger partial charge in [0, 0.05) is 37.3 Å². The van der Waals surface area contributed by atoms with Crippen molar-refractivity contribution < 1.29 is 5.11 Å². The Hall–Kier alpha value is -1.06. The van der Waals surface area contributed by atoms with Crippen LogP contribution in [0.5, 0.6) is 5.75 Å². The Balaban J connectivity index is 2.03. The van der Waals surface area contributed by atoms with Crippen LogP contribution in [0.1, 0.15) is 19.4 Å². The summed E-state index contributed by atoms with van der Waals surface area (Å²) in [5.74, 6) is 0.409. The zero-order valence-corrected chi connectivity index (χ0v) is 10.9. The molecule has 0 amide bonds. The van der Waals surface area contributed by atoms with Crippen LogP contribution in [0.3, 0.4) is 0 Å². The van der Waals surface area contributed by atoms with Crippen molar-refractivity contribution in [3.05, 3.63) is 29.8 Å². The van der Waals surface area contributed by atoms with E-state index in [9.17, 15) is 5.11 Å². The summed E-state index contributed by atoms with van der Waals surface area (Å²) in [6.45, 7) is 7.49. The number of likely N-dealkylation sites (N-methyl/N-ethyl adjacent to an activating group) is 1. The minimum absolute atomic E-state index is 0.409. The fourth-order valence-corrected chi connectivity index (χ4v) is 2.53. The standard InChI is InChI=1S/C14H22N2O/c1-11-8-16(9-12(2)15(11)3)10-13-6-4-5-7-14(13)17/h4-7,11-12,17H,8-10H2,1-3H3. The molecule has 94 valence electrons. The first-order chi connectivity index (χ1) is 8.08. The van der Waals surface area contributed by atoms with Crippen molar-refractivity contribution in [1.82, 2.24) is 9.80 Å². The van der Waals surface area contributed by atoms with Crippen molar-refractivity contribution in [2.75, 3.05) is 20.1 Å². The highest BCUT2D eigenvalue weighted by Crippen LogP contribution is 2.21. The van der Waals surface area contributed by atoms with Gasteiger partial charge in [-0.15, -0.1) is 0 Å². The average Bonchev–Trinajstić information content (AvgIpc) is 2.29. The van der Waals surface area contributed by atoms with Crippen LogP contribution in [-0.2, 0) is 6.54 Å². The van der Waals surface area contributed by atoms with E-state index in [4.69, 9.17) is 0 Å². The van der Waals surface area contributed by atoms with E-state index in [1.54, 1.807) is 6.07 Å². The van der Waals surface area contributed by atoms with Crippen molar-refractivity contribution in [2.45, 2.75) is 32.5 Å². The molecule has 2 rings (SSSR count). The molecule has 0 bridgehead atoms. The van der Waals surface area contributed by atoms with Gasteiger partial charge in [-0.05, 0) is 27.0 Å². The van der Waals surface area contributed by atoms with Crippen LogP contribution in [0.25, 0.3) is 0 Å². The highest BCUT2D eigenvalue weighted by molar-refractivity contribution is 5.31. The zero-order valence-electron chi connectivity index (χ0n) is 10.9. The molecule has 1 aliphatic heterocycles. The van der Waals surface area contributed by atoms with Gasteiger partial charge in [0.05, 0.1) is 0 Å². The lowest BCUT2D eigenvalue weighted by Crippen LogP contribution is -2.54. The predicted molar refractivity (Wildman–Crippen MR) is 70.1 cm³/mol. The van der Waals surface area contributed by atoms with E-state index < -0.39 is 0 Å². The van der Waals surface area contributed by atoms with E-state index in [1.807, 2.05) is 18.2 Å². The summed E-state index contributed by atoms with van der Waals surface area (Å²) in [6, 6.07) is 8.77. The number of para-hydroxylation sites is 1. The van der Waals surface area contributed by atoms with Gasteiger partial charge in [0.1, 0.15) is 5.75 Å². The Labute approximate surface area is 104 Å². The summed E-state index contributed by atoms with van der Waals surface area (Å²) in [5, 5.41) is 9.79. The van der Waals surface area contributed by atoms with E-state index in [0.29, 0.717) is 17.8 Å². The third-order valence-electron chi connectivity index (χ3n) is 3.82. The van der Waals surface area contributed by atoms with E-state index >= 15 is 0 Å². The molecule has 0 aromatic heterocycles. The third-order valence-corrected chi connectivity index (χ3v) is 3.82. The molecule has 3 nitrogen and oxygen atoms in total. The molecule has 17 heavy (non-hydrogen) atoms. The van der Waals surface area contributed by atoms with Gasteiger partial charge >= 0.3 is 0 Å². The maximum atomic E-state index is 9.79. The molecule has 1 saturated heterocycles. The minimum atomic E-state index is 0.409. The van der Waals surface area contributed by atoms with E-state index in [2.05, 4.69) is 30.7 Å². The molecular weight excluding hydrogens is 212 g/mol. The summed E-state index contributed by atoms with van der Waals surface area (Å²) in [6.07, 6.45) is 0. The first-order valence-corrected chi connectivity index (χ1v) is 6.29. The quantitative estimate of drug-likeness (QED) is 0.847. The van der Waals surface area contributed by atoms with E-state index in [0.717, 1.165) is 25.2 Å². The van der Waals surface area contributed by atoms with Crippen LogP contribution >= 0.6 is 0 Å². The van der Waals surface area contributed by atoms with Crippen LogP contribution in [0.2, 0.25) is 0 Å². The monoisotopic (exact) mass is 234 g/mol. The van der Waals surface area contributed by atoms with Crippen molar-refractivity contribution in [1.29, 1.82) is 0 Å². The first-order valence-electron chi connectivity index (χ1n) is 6.29. The highest BCUT2D eigenvalue weighted by Gasteiger charge is 2.26. The van der Waals surface area contributed by atoms with Gasteiger partial charge in [-0.2, -0.15) is 0 Å². The molecule has 0 saturated carbocycles. The fourth-order valence-electron chi connectivity index (χ4n) is 2.53. The minimum Gasteiger partial charge on any atom is -0.508 e. The number of phenolic OH excluding ortho intramolecular Hbond substituents is 1.